The summed E-state index contributed by atoms with van der Waals surface area (Å²) in [4.78, 5) is 15.9. The molecule has 3 aromatic rings. The monoisotopic (exact) mass is 536 g/mol. The minimum atomic E-state index is -0.0327. The Morgan fingerprint density at radius 2 is 1.68 bits per heavy atom. The summed E-state index contributed by atoms with van der Waals surface area (Å²) >= 11 is 6.13. The van der Waals surface area contributed by atoms with Crippen molar-refractivity contribution < 1.29 is 19.0 Å². The van der Waals surface area contributed by atoms with Crippen LogP contribution in [0.25, 0.3) is 0 Å². The maximum Gasteiger partial charge on any atom is 0.254 e. The molecule has 0 bridgehead atoms. The molecule has 2 atom stereocenters. The van der Waals surface area contributed by atoms with E-state index in [1.807, 2.05) is 41.3 Å². The van der Waals surface area contributed by atoms with Gasteiger partial charge in [0.2, 0.25) is 0 Å². The van der Waals surface area contributed by atoms with Crippen LogP contribution in [0.4, 0.5) is 0 Å². The van der Waals surface area contributed by atoms with Crippen molar-refractivity contribution in [3.05, 3.63) is 94.5 Å². The fraction of sp³-hybridized carbons (Fsp3) is 0.387. The lowest BCUT2D eigenvalue weighted by molar-refractivity contribution is 0.0704. The van der Waals surface area contributed by atoms with Gasteiger partial charge in [-0.15, -0.1) is 0 Å². The number of ether oxygens (including phenoxy) is 3. The minimum absolute atomic E-state index is 0.0327. The highest BCUT2D eigenvalue weighted by Gasteiger charge is 2.31. The van der Waals surface area contributed by atoms with Gasteiger partial charge in [0, 0.05) is 43.8 Å². The average Bonchev–Trinajstić information content (AvgIpc) is 3.38. The van der Waals surface area contributed by atoms with Gasteiger partial charge in [0.05, 0.1) is 13.7 Å². The van der Waals surface area contributed by atoms with Crippen molar-refractivity contribution >= 4 is 17.5 Å². The first-order valence-corrected chi connectivity index (χ1v) is 13.5. The van der Waals surface area contributed by atoms with Crippen LogP contribution in [-0.2, 0) is 17.7 Å². The molecule has 38 heavy (non-hydrogen) atoms. The molecule has 6 nitrogen and oxygen atoms in total. The van der Waals surface area contributed by atoms with Crippen LogP contribution in [0.3, 0.4) is 0 Å². The van der Waals surface area contributed by atoms with Gasteiger partial charge < -0.3 is 24.4 Å². The maximum absolute atomic E-state index is 14.0. The predicted molar refractivity (Wildman–Crippen MR) is 151 cm³/mol. The van der Waals surface area contributed by atoms with Gasteiger partial charge in [0.15, 0.2) is 11.5 Å². The molecule has 1 aliphatic heterocycles. The summed E-state index contributed by atoms with van der Waals surface area (Å²) in [5, 5.41) is 4.23. The summed E-state index contributed by atoms with van der Waals surface area (Å²) in [6, 6.07) is 23.7. The molecule has 2 unspecified atom stereocenters. The van der Waals surface area contributed by atoms with Crippen molar-refractivity contribution in [1.29, 1.82) is 0 Å². The van der Waals surface area contributed by atoms with Crippen LogP contribution in [0.5, 0.6) is 11.5 Å². The minimum Gasteiger partial charge on any atom is -0.493 e. The van der Waals surface area contributed by atoms with Crippen LogP contribution in [0.1, 0.15) is 27.9 Å². The third kappa shape index (κ3) is 7.73. The van der Waals surface area contributed by atoms with Crippen LogP contribution in [0.15, 0.2) is 72.8 Å². The number of amides is 1. The molecule has 0 aliphatic carbocycles. The lowest BCUT2D eigenvalue weighted by atomic mass is 9.89. The Balaban J connectivity index is 1.55. The number of benzene rings is 3. The number of halogens is 1. The zero-order valence-corrected chi connectivity index (χ0v) is 23.0. The Bertz CT molecular complexity index is 1160. The van der Waals surface area contributed by atoms with Crippen molar-refractivity contribution in [3.8, 4) is 11.5 Å². The molecule has 4 rings (SSSR count). The largest absolute Gasteiger partial charge is 0.493 e. The molecule has 202 valence electrons. The van der Waals surface area contributed by atoms with Gasteiger partial charge in [-0.05, 0) is 72.8 Å². The van der Waals surface area contributed by atoms with E-state index in [0.717, 1.165) is 31.5 Å². The van der Waals surface area contributed by atoms with E-state index >= 15 is 0 Å². The number of nitrogens with one attached hydrogen (secondary N) is 1. The molecule has 0 aromatic heterocycles. The van der Waals surface area contributed by atoms with Gasteiger partial charge in [-0.1, -0.05) is 54.1 Å². The number of hydrogen-bond donors (Lipinski definition) is 1. The Kier molecular flexibility index (Phi) is 10.4. The zero-order valence-electron chi connectivity index (χ0n) is 22.2. The number of rotatable bonds is 13. The van der Waals surface area contributed by atoms with E-state index < -0.39 is 0 Å². The maximum atomic E-state index is 14.0. The molecule has 7 heteroatoms. The Morgan fingerprint density at radius 1 is 0.921 bits per heavy atom. The number of carbonyl (C=O) groups excluding carboxylic acids is 1. The molecule has 1 heterocycles. The lowest BCUT2D eigenvalue weighted by Crippen LogP contribution is -2.37. The second kappa shape index (κ2) is 14.2. The van der Waals surface area contributed by atoms with E-state index in [2.05, 4.69) is 29.6 Å². The normalized spacial score (nSPS) is 16.8. The molecular weight excluding hydrogens is 500 g/mol. The van der Waals surface area contributed by atoms with E-state index in [1.54, 1.807) is 26.4 Å². The van der Waals surface area contributed by atoms with Gasteiger partial charge in [-0.3, -0.25) is 4.79 Å². The molecule has 1 N–H and O–H groups in total. The van der Waals surface area contributed by atoms with Crippen molar-refractivity contribution in [2.24, 2.45) is 11.8 Å². The SMILES string of the molecule is COCCCOc1cc(C(=O)N(Cc2ccc(Cl)cc2)CC2CNCC2Cc2ccccc2)ccc1OC. The first-order valence-electron chi connectivity index (χ1n) is 13.2. The van der Waals surface area contributed by atoms with Crippen molar-refractivity contribution in [3.63, 3.8) is 0 Å². The van der Waals surface area contributed by atoms with Crippen LogP contribution < -0.4 is 14.8 Å². The van der Waals surface area contributed by atoms with E-state index in [-0.39, 0.29) is 5.91 Å². The highest BCUT2D eigenvalue weighted by molar-refractivity contribution is 6.30. The zero-order chi connectivity index (χ0) is 26.7. The molecule has 1 aliphatic rings. The first-order chi connectivity index (χ1) is 18.6. The topological polar surface area (TPSA) is 60.0 Å². The van der Waals surface area contributed by atoms with Crippen LogP contribution >= 0.6 is 11.6 Å². The molecule has 0 spiro atoms. The number of carbonyl (C=O) groups is 1. The number of methoxy groups -OCH3 is 2. The van der Waals surface area contributed by atoms with Crippen molar-refractivity contribution in [1.82, 2.24) is 10.2 Å². The fourth-order valence-electron chi connectivity index (χ4n) is 4.96. The summed E-state index contributed by atoms with van der Waals surface area (Å²) in [5.41, 5.74) is 2.94. The van der Waals surface area contributed by atoms with Crippen LogP contribution in [0.2, 0.25) is 5.02 Å². The Hall–Kier alpha value is -3.06. The molecule has 1 saturated heterocycles. The second-order valence-corrected chi connectivity index (χ2v) is 10.2. The van der Waals surface area contributed by atoms with Gasteiger partial charge >= 0.3 is 0 Å². The quantitative estimate of drug-likeness (QED) is 0.293. The highest BCUT2D eigenvalue weighted by atomic mass is 35.5. The summed E-state index contributed by atoms with van der Waals surface area (Å²) in [6.07, 6.45) is 1.74. The van der Waals surface area contributed by atoms with Crippen molar-refractivity contribution in [2.45, 2.75) is 19.4 Å². The van der Waals surface area contributed by atoms with Gasteiger partial charge in [-0.2, -0.15) is 0 Å². The third-order valence-electron chi connectivity index (χ3n) is 7.01. The molecular formula is C31H37ClN2O4. The highest BCUT2D eigenvalue weighted by Crippen LogP contribution is 2.30. The summed E-state index contributed by atoms with van der Waals surface area (Å²) in [5.74, 6) is 1.93. The first kappa shape index (κ1) is 28.0. The van der Waals surface area contributed by atoms with Gasteiger partial charge in [-0.25, -0.2) is 0 Å². The summed E-state index contributed by atoms with van der Waals surface area (Å²) in [7, 11) is 3.27. The van der Waals surface area contributed by atoms with Gasteiger partial charge in [0.25, 0.3) is 5.91 Å². The molecule has 1 amide bonds. The predicted octanol–water partition coefficient (Wildman–Crippen LogP) is 5.48. The smallest absolute Gasteiger partial charge is 0.254 e. The second-order valence-electron chi connectivity index (χ2n) is 9.74. The van der Waals surface area contributed by atoms with E-state index in [1.165, 1.54) is 5.56 Å². The fourth-order valence-corrected chi connectivity index (χ4v) is 5.09. The summed E-state index contributed by atoms with van der Waals surface area (Å²) in [6.45, 7) is 4.08. The number of nitrogens with zero attached hydrogens (tertiary/aromatic N) is 1. The molecule has 1 fully saturated rings. The van der Waals surface area contributed by atoms with E-state index in [4.69, 9.17) is 25.8 Å². The average molecular weight is 537 g/mol. The molecule has 0 radical (unpaired) electrons. The Morgan fingerprint density at radius 3 is 2.42 bits per heavy atom. The Labute approximate surface area is 230 Å². The van der Waals surface area contributed by atoms with Crippen LogP contribution in [0, 0.1) is 11.8 Å². The van der Waals surface area contributed by atoms with Gasteiger partial charge in [0.1, 0.15) is 0 Å². The molecule has 3 aromatic carbocycles. The van der Waals surface area contributed by atoms with E-state index in [0.29, 0.717) is 60.2 Å². The summed E-state index contributed by atoms with van der Waals surface area (Å²) < 4.78 is 16.5. The number of hydrogen-bond acceptors (Lipinski definition) is 5. The van der Waals surface area contributed by atoms with Crippen LogP contribution in [-0.4, -0.2) is 57.9 Å². The lowest BCUT2D eigenvalue weighted by Gasteiger charge is -2.29. The standard InChI is InChI=1S/C31H37ClN2O4/c1-36-15-6-16-38-30-18-25(11-14-29(30)37-2)31(35)34(21-24-9-12-28(32)13-10-24)22-27-20-33-19-26(27)17-23-7-4-3-5-8-23/h3-5,7-14,18,26-27,33H,6,15-17,19-22H2,1-2H3. The third-order valence-corrected chi connectivity index (χ3v) is 7.26. The molecule has 0 saturated carbocycles. The van der Waals surface area contributed by atoms with E-state index in [9.17, 15) is 4.79 Å². The van der Waals surface area contributed by atoms with Crippen molar-refractivity contribution in [2.75, 3.05) is 47.1 Å².